The third kappa shape index (κ3) is 6.56. The van der Waals surface area contributed by atoms with Crippen molar-refractivity contribution >= 4 is 11.7 Å². The fourth-order valence-electron chi connectivity index (χ4n) is 0.931. The van der Waals surface area contributed by atoms with Crippen molar-refractivity contribution in [1.29, 1.82) is 0 Å². The largest absolute Gasteiger partial charge is 0.394 e. The number of rotatable bonds is 7. The van der Waals surface area contributed by atoms with Gasteiger partial charge in [0, 0.05) is 20.0 Å². The van der Waals surface area contributed by atoms with Crippen LogP contribution in [0.1, 0.15) is 19.8 Å². The van der Waals surface area contributed by atoms with Crippen LogP contribution in [0.25, 0.3) is 0 Å². The van der Waals surface area contributed by atoms with E-state index in [2.05, 4.69) is 5.32 Å². The molecule has 0 aliphatic heterocycles. The number of nitrogens with one attached hydrogen (secondary N) is 1. The van der Waals surface area contributed by atoms with Gasteiger partial charge in [-0.15, -0.1) is 0 Å². The van der Waals surface area contributed by atoms with Crippen LogP contribution >= 0.6 is 0 Å². The molecule has 1 atom stereocenters. The van der Waals surface area contributed by atoms with Crippen molar-refractivity contribution in [2.24, 2.45) is 0 Å². The zero-order valence-electron chi connectivity index (χ0n) is 8.58. The molecule has 0 aromatic rings. The van der Waals surface area contributed by atoms with Crippen LogP contribution in [0.2, 0.25) is 0 Å². The molecular weight excluding hydrogens is 186 g/mol. The van der Waals surface area contributed by atoms with Crippen LogP contribution in [0.5, 0.6) is 0 Å². The van der Waals surface area contributed by atoms with Crippen molar-refractivity contribution in [2.45, 2.75) is 25.8 Å². The Morgan fingerprint density at radius 2 is 2.07 bits per heavy atom. The van der Waals surface area contributed by atoms with E-state index >= 15 is 0 Å². The third-order valence-corrected chi connectivity index (χ3v) is 1.66. The molecule has 0 radical (unpaired) electrons. The van der Waals surface area contributed by atoms with Crippen LogP contribution in [0.15, 0.2) is 0 Å². The number of methoxy groups -OCH3 is 1. The number of amides is 1. The van der Waals surface area contributed by atoms with Crippen molar-refractivity contribution in [1.82, 2.24) is 5.32 Å². The maximum Gasteiger partial charge on any atom is 0.220 e. The maximum atomic E-state index is 11.2. The van der Waals surface area contributed by atoms with Gasteiger partial charge in [-0.1, -0.05) is 0 Å². The van der Waals surface area contributed by atoms with Gasteiger partial charge >= 0.3 is 0 Å². The lowest BCUT2D eigenvalue weighted by molar-refractivity contribution is -0.125. The number of ketones is 1. The van der Waals surface area contributed by atoms with Crippen molar-refractivity contribution in [3.8, 4) is 0 Å². The van der Waals surface area contributed by atoms with Crippen LogP contribution < -0.4 is 5.32 Å². The summed E-state index contributed by atoms with van der Waals surface area (Å²) in [6, 6.07) is -0.389. The monoisotopic (exact) mass is 203 g/mol. The Morgan fingerprint density at radius 1 is 1.43 bits per heavy atom. The van der Waals surface area contributed by atoms with Crippen molar-refractivity contribution in [3.05, 3.63) is 0 Å². The molecule has 0 rings (SSSR count). The molecule has 0 aromatic carbocycles. The minimum absolute atomic E-state index is 0.0209. The Bertz CT molecular complexity index is 193. The second-order valence-corrected chi connectivity index (χ2v) is 3.10. The zero-order chi connectivity index (χ0) is 11.0. The molecule has 2 N–H and O–H groups in total. The Balaban J connectivity index is 3.72. The summed E-state index contributed by atoms with van der Waals surface area (Å²) in [5.41, 5.74) is 0. The van der Waals surface area contributed by atoms with Gasteiger partial charge in [0.1, 0.15) is 5.78 Å². The topological polar surface area (TPSA) is 75.6 Å². The summed E-state index contributed by atoms with van der Waals surface area (Å²) in [5, 5.41) is 11.4. The first-order valence-corrected chi connectivity index (χ1v) is 4.48. The number of ether oxygens (including phenoxy) is 1. The number of aliphatic hydroxyl groups is 1. The number of hydrogen-bond acceptors (Lipinski definition) is 4. The minimum Gasteiger partial charge on any atom is -0.394 e. The summed E-state index contributed by atoms with van der Waals surface area (Å²) in [5.74, 6) is -0.260. The molecule has 0 aliphatic rings. The molecule has 1 amide bonds. The lowest BCUT2D eigenvalue weighted by Gasteiger charge is -2.14. The highest BCUT2D eigenvalue weighted by Crippen LogP contribution is 1.92. The Kier molecular flexibility index (Phi) is 6.96. The van der Waals surface area contributed by atoms with E-state index < -0.39 is 0 Å². The van der Waals surface area contributed by atoms with Crippen LogP contribution in [0.4, 0.5) is 0 Å². The van der Waals surface area contributed by atoms with E-state index in [9.17, 15) is 9.59 Å². The molecule has 1 unspecified atom stereocenters. The summed E-state index contributed by atoms with van der Waals surface area (Å²) >= 11 is 0. The van der Waals surface area contributed by atoms with Crippen LogP contribution in [0.3, 0.4) is 0 Å². The zero-order valence-corrected chi connectivity index (χ0v) is 8.58. The average Bonchev–Trinajstić information content (AvgIpc) is 2.14. The highest BCUT2D eigenvalue weighted by Gasteiger charge is 2.10. The number of hydrogen-bond donors (Lipinski definition) is 2. The first-order valence-electron chi connectivity index (χ1n) is 4.48. The molecule has 0 spiro atoms. The summed E-state index contributed by atoms with van der Waals surface area (Å²) in [7, 11) is 1.49. The van der Waals surface area contributed by atoms with Gasteiger partial charge in [-0.25, -0.2) is 0 Å². The molecule has 5 heteroatoms. The highest BCUT2D eigenvalue weighted by atomic mass is 16.5. The molecule has 14 heavy (non-hydrogen) atoms. The van der Waals surface area contributed by atoms with E-state index in [4.69, 9.17) is 9.84 Å². The van der Waals surface area contributed by atoms with Gasteiger partial charge in [-0.3, -0.25) is 4.79 Å². The second-order valence-electron chi connectivity index (χ2n) is 3.10. The molecule has 5 nitrogen and oxygen atoms in total. The molecule has 0 heterocycles. The van der Waals surface area contributed by atoms with Crippen LogP contribution in [-0.2, 0) is 14.3 Å². The maximum absolute atomic E-state index is 11.2. The Hall–Kier alpha value is -0.940. The molecule has 0 aliphatic carbocycles. The van der Waals surface area contributed by atoms with E-state index in [1.165, 1.54) is 14.0 Å². The average molecular weight is 203 g/mol. The molecule has 82 valence electrons. The van der Waals surface area contributed by atoms with Crippen LogP contribution in [0, 0.1) is 0 Å². The number of Topliss-reactive ketones (excluding diaryl/α,β-unsaturated/α-hetero) is 1. The van der Waals surface area contributed by atoms with Gasteiger partial charge in [-0.2, -0.15) is 0 Å². The molecule has 0 fully saturated rings. The fraction of sp³-hybridized carbons (Fsp3) is 0.778. The first-order chi connectivity index (χ1) is 6.60. The van der Waals surface area contributed by atoms with E-state index in [1.807, 2.05) is 0 Å². The van der Waals surface area contributed by atoms with Crippen molar-refractivity contribution in [2.75, 3.05) is 20.3 Å². The summed E-state index contributed by atoms with van der Waals surface area (Å²) in [6.45, 7) is 1.54. The van der Waals surface area contributed by atoms with Gasteiger partial charge in [0.15, 0.2) is 0 Å². The number of aliphatic hydroxyl groups excluding tert-OH is 1. The lowest BCUT2D eigenvalue weighted by atomic mass is 10.2. The van der Waals surface area contributed by atoms with Crippen LogP contribution in [-0.4, -0.2) is 43.2 Å². The highest BCUT2D eigenvalue weighted by molar-refractivity contribution is 5.83. The van der Waals surface area contributed by atoms with E-state index in [0.29, 0.717) is 0 Å². The molecule has 0 bridgehead atoms. The second kappa shape index (κ2) is 7.46. The molecule has 0 saturated heterocycles. The Morgan fingerprint density at radius 3 is 2.50 bits per heavy atom. The predicted octanol–water partition coefficient (Wildman–Crippen LogP) is -0.521. The summed E-state index contributed by atoms with van der Waals surface area (Å²) < 4.78 is 4.78. The quantitative estimate of drug-likeness (QED) is 0.583. The van der Waals surface area contributed by atoms with E-state index in [0.717, 1.165) is 0 Å². The Labute approximate surface area is 83.4 Å². The van der Waals surface area contributed by atoms with Gasteiger partial charge in [0.25, 0.3) is 0 Å². The standard InChI is InChI=1S/C9H17NO4/c1-7(12)3-4-9(13)10-8(5-11)6-14-2/h8,11H,3-6H2,1-2H3,(H,10,13). The van der Waals surface area contributed by atoms with Crippen molar-refractivity contribution in [3.63, 3.8) is 0 Å². The van der Waals surface area contributed by atoms with Gasteiger partial charge in [0.05, 0.1) is 19.3 Å². The minimum atomic E-state index is -0.389. The normalized spacial score (nSPS) is 12.2. The van der Waals surface area contributed by atoms with Gasteiger partial charge < -0.3 is 20.0 Å². The molecule has 0 aromatic heterocycles. The summed E-state index contributed by atoms with van der Waals surface area (Å²) in [6.07, 6.45) is 0.395. The number of carbonyl (C=O) groups excluding carboxylic acids is 2. The van der Waals surface area contributed by atoms with E-state index in [-0.39, 0.29) is 43.8 Å². The third-order valence-electron chi connectivity index (χ3n) is 1.66. The smallest absolute Gasteiger partial charge is 0.220 e. The first kappa shape index (κ1) is 13.1. The van der Waals surface area contributed by atoms with E-state index in [1.54, 1.807) is 0 Å². The molecule has 0 saturated carbocycles. The van der Waals surface area contributed by atoms with Gasteiger partial charge in [0.2, 0.25) is 5.91 Å². The number of carbonyl (C=O) groups is 2. The molecular formula is C9H17NO4. The van der Waals surface area contributed by atoms with Crippen molar-refractivity contribution < 1.29 is 19.4 Å². The summed E-state index contributed by atoms with van der Waals surface area (Å²) in [4.78, 5) is 21.7. The lowest BCUT2D eigenvalue weighted by Crippen LogP contribution is -2.40. The fourth-order valence-corrected chi connectivity index (χ4v) is 0.931. The predicted molar refractivity (Wildman–Crippen MR) is 50.8 cm³/mol. The van der Waals surface area contributed by atoms with Gasteiger partial charge in [-0.05, 0) is 6.92 Å². The SMILES string of the molecule is COCC(CO)NC(=O)CCC(C)=O.